The van der Waals surface area contributed by atoms with Crippen molar-refractivity contribution in [1.29, 1.82) is 0 Å². The SMILES string of the molecule is c1ccc(-c2cnc(-c3ccc(Oc4ccc(N5CCCC56CNCNC6)cn4)cc3)o2)cc1. The van der Waals surface area contributed by atoms with Gasteiger partial charge in [-0.25, -0.2) is 9.97 Å². The molecule has 0 aliphatic carbocycles. The van der Waals surface area contributed by atoms with Crippen LogP contribution in [0, 0.1) is 0 Å². The number of nitrogens with zero attached hydrogens (tertiary/aromatic N) is 3. The number of pyridine rings is 1. The summed E-state index contributed by atoms with van der Waals surface area (Å²) >= 11 is 0. The molecule has 7 heteroatoms. The van der Waals surface area contributed by atoms with E-state index in [2.05, 4.69) is 31.6 Å². The van der Waals surface area contributed by atoms with Gasteiger partial charge in [0.2, 0.25) is 11.8 Å². The highest BCUT2D eigenvalue weighted by Gasteiger charge is 2.42. The van der Waals surface area contributed by atoms with Gasteiger partial charge in [-0.05, 0) is 43.2 Å². The molecule has 0 bridgehead atoms. The Morgan fingerprint density at radius 2 is 1.68 bits per heavy atom. The maximum atomic E-state index is 5.99. The zero-order valence-electron chi connectivity index (χ0n) is 18.9. The zero-order valence-corrected chi connectivity index (χ0v) is 18.9. The monoisotopic (exact) mass is 453 g/mol. The third kappa shape index (κ3) is 4.04. The van der Waals surface area contributed by atoms with Gasteiger partial charge in [0.1, 0.15) is 5.75 Å². The van der Waals surface area contributed by atoms with Crippen LogP contribution in [0.15, 0.2) is 83.5 Å². The number of oxazole rings is 1. The molecule has 4 heterocycles. The number of rotatable bonds is 5. The molecule has 2 aliphatic heterocycles. The molecule has 2 saturated heterocycles. The van der Waals surface area contributed by atoms with Crippen LogP contribution in [0.2, 0.25) is 0 Å². The van der Waals surface area contributed by atoms with E-state index in [9.17, 15) is 0 Å². The van der Waals surface area contributed by atoms with Crippen molar-refractivity contribution in [3.05, 3.63) is 79.1 Å². The lowest BCUT2D eigenvalue weighted by Crippen LogP contribution is -2.62. The molecular weight excluding hydrogens is 426 g/mol. The molecule has 0 amide bonds. The first-order chi connectivity index (χ1) is 16.8. The van der Waals surface area contributed by atoms with Crippen molar-refractivity contribution in [3.8, 4) is 34.4 Å². The van der Waals surface area contributed by atoms with Crippen LogP contribution in [0.1, 0.15) is 12.8 Å². The fourth-order valence-corrected chi connectivity index (χ4v) is 4.97. The minimum atomic E-state index is 0.137. The number of nitrogens with one attached hydrogen (secondary N) is 2. The van der Waals surface area contributed by atoms with E-state index in [4.69, 9.17) is 9.15 Å². The van der Waals surface area contributed by atoms with Gasteiger partial charge in [-0.2, -0.15) is 0 Å². The lowest BCUT2D eigenvalue weighted by molar-refractivity contribution is 0.316. The van der Waals surface area contributed by atoms with E-state index < -0.39 is 0 Å². The molecule has 0 unspecified atom stereocenters. The van der Waals surface area contributed by atoms with Gasteiger partial charge in [0.05, 0.1) is 23.6 Å². The van der Waals surface area contributed by atoms with Crippen molar-refractivity contribution in [2.45, 2.75) is 18.4 Å². The van der Waals surface area contributed by atoms with E-state index in [1.165, 1.54) is 12.8 Å². The fraction of sp³-hybridized carbons (Fsp3) is 0.259. The van der Waals surface area contributed by atoms with Crippen LogP contribution in [0.25, 0.3) is 22.8 Å². The first-order valence-corrected chi connectivity index (χ1v) is 11.7. The summed E-state index contributed by atoms with van der Waals surface area (Å²) in [7, 11) is 0. The molecule has 6 rings (SSSR count). The first kappa shape index (κ1) is 20.9. The maximum absolute atomic E-state index is 5.99. The van der Waals surface area contributed by atoms with E-state index in [0.717, 1.165) is 54.6 Å². The molecule has 34 heavy (non-hydrogen) atoms. The van der Waals surface area contributed by atoms with E-state index in [-0.39, 0.29) is 5.54 Å². The number of benzene rings is 2. The number of aromatic nitrogens is 2. The standard InChI is InChI=1S/C27H27N5O2/c1-2-5-20(6-3-1)24-16-31-26(34-24)21-7-10-23(11-8-21)33-25-12-9-22(15-30-25)32-14-4-13-27(32)17-28-19-29-18-27/h1-3,5-12,15-16,28-29H,4,13-14,17-19H2. The molecule has 2 N–H and O–H groups in total. The van der Waals surface area contributed by atoms with Gasteiger partial charge in [0, 0.05) is 43.5 Å². The van der Waals surface area contributed by atoms with Gasteiger partial charge in [-0.3, -0.25) is 0 Å². The molecule has 4 aromatic rings. The second-order valence-electron chi connectivity index (χ2n) is 8.89. The number of ether oxygens (including phenoxy) is 1. The molecule has 2 fully saturated rings. The van der Waals surface area contributed by atoms with Gasteiger partial charge in [0.15, 0.2) is 5.76 Å². The largest absolute Gasteiger partial charge is 0.439 e. The van der Waals surface area contributed by atoms with Crippen molar-refractivity contribution >= 4 is 5.69 Å². The highest BCUT2D eigenvalue weighted by molar-refractivity contribution is 5.61. The summed E-state index contributed by atoms with van der Waals surface area (Å²) in [6, 6.07) is 21.7. The molecule has 2 aromatic heterocycles. The second-order valence-corrected chi connectivity index (χ2v) is 8.89. The minimum absolute atomic E-state index is 0.137. The van der Waals surface area contributed by atoms with Crippen molar-refractivity contribution < 1.29 is 9.15 Å². The Balaban J connectivity index is 1.13. The molecule has 172 valence electrons. The van der Waals surface area contributed by atoms with Crippen molar-refractivity contribution in [2.75, 3.05) is 31.2 Å². The van der Waals surface area contributed by atoms with E-state index in [0.29, 0.717) is 11.8 Å². The van der Waals surface area contributed by atoms with Crippen LogP contribution in [0.5, 0.6) is 11.6 Å². The van der Waals surface area contributed by atoms with Gasteiger partial charge >= 0.3 is 0 Å². The Hall–Kier alpha value is -3.68. The predicted molar refractivity (Wildman–Crippen MR) is 132 cm³/mol. The summed E-state index contributed by atoms with van der Waals surface area (Å²) in [4.78, 5) is 11.5. The molecule has 1 spiro atoms. The van der Waals surface area contributed by atoms with Crippen molar-refractivity contribution in [1.82, 2.24) is 20.6 Å². The van der Waals surface area contributed by atoms with Crippen LogP contribution < -0.4 is 20.3 Å². The fourth-order valence-electron chi connectivity index (χ4n) is 4.97. The second kappa shape index (κ2) is 8.93. The molecule has 7 nitrogen and oxygen atoms in total. The lowest BCUT2D eigenvalue weighted by Gasteiger charge is -2.43. The van der Waals surface area contributed by atoms with E-state index in [1.807, 2.05) is 66.9 Å². The van der Waals surface area contributed by atoms with Crippen molar-refractivity contribution in [3.63, 3.8) is 0 Å². The third-order valence-corrected chi connectivity index (χ3v) is 6.67. The van der Waals surface area contributed by atoms with Crippen LogP contribution in [0.4, 0.5) is 5.69 Å². The summed E-state index contributed by atoms with van der Waals surface area (Å²) in [5.74, 6) is 2.63. The van der Waals surface area contributed by atoms with Crippen molar-refractivity contribution in [2.24, 2.45) is 0 Å². The Bertz CT molecular complexity index is 1230. The minimum Gasteiger partial charge on any atom is -0.439 e. The summed E-state index contributed by atoms with van der Waals surface area (Å²) in [6.07, 6.45) is 6.06. The lowest BCUT2D eigenvalue weighted by atomic mass is 9.94. The molecule has 0 saturated carbocycles. The number of hydrogen-bond donors (Lipinski definition) is 2. The summed E-state index contributed by atoms with van der Waals surface area (Å²) in [5.41, 5.74) is 3.18. The highest BCUT2D eigenvalue weighted by atomic mass is 16.5. The summed E-state index contributed by atoms with van der Waals surface area (Å²) in [5, 5.41) is 6.96. The molecule has 2 aromatic carbocycles. The van der Waals surface area contributed by atoms with Crippen LogP contribution in [0.3, 0.4) is 0 Å². The predicted octanol–water partition coefficient (Wildman–Crippen LogP) is 4.69. The molecular formula is C27H27N5O2. The summed E-state index contributed by atoms with van der Waals surface area (Å²) < 4.78 is 11.9. The first-order valence-electron chi connectivity index (χ1n) is 11.7. The quantitative estimate of drug-likeness (QED) is 0.454. The maximum Gasteiger partial charge on any atom is 0.226 e. The van der Waals surface area contributed by atoms with E-state index in [1.54, 1.807) is 6.20 Å². The van der Waals surface area contributed by atoms with E-state index >= 15 is 0 Å². The van der Waals surface area contributed by atoms with Crippen LogP contribution in [-0.2, 0) is 0 Å². The Morgan fingerprint density at radius 1 is 0.853 bits per heavy atom. The topological polar surface area (TPSA) is 75.5 Å². The number of anilines is 1. The Labute approximate surface area is 198 Å². The zero-order chi connectivity index (χ0) is 22.8. The normalized spacial score (nSPS) is 17.2. The third-order valence-electron chi connectivity index (χ3n) is 6.67. The molecule has 0 atom stereocenters. The number of hydrogen-bond acceptors (Lipinski definition) is 7. The Morgan fingerprint density at radius 3 is 2.44 bits per heavy atom. The molecule has 0 radical (unpaired) electrons. The van der Waals surface area contributed by atoms with Gasteiger partial charge in [-0.15, -0.1) is 0 Å². The van der Waals surface area contributed by atoms with Gasteiger partial charge in [-0.1, -0.05) is 30.3 Å². The smallest absolute Gasteiger partial charge is 0.226 e. The summed E-state index contributed by atoms with van der Waals surface area (Å²) in [6.45, 7) is 3.94. The average Bonchev–Trinajstić information content (AvgIpc) is 3.54. The average molecular weight is 454 g/mol. The van der Waals surface area contributed by atoms with Crippen LogP contribution >= 0.6 is 0 Å². The Kier molecular flexibility index (Phi) is 5.49. The van der Waals surface area contributed by atoms with Gasteiger partial charge < -0.3 is 24.7 Å². The highest BCUT2D eigenvalue weighted by Crippen LogP contribution is 2.35. The van der Waals surface area contributed by atoms with Crippen LogP contribution in [-0.4, -0.2) is 41.8 Å². The van der Waals surface area contributed by atoms with Gasteiger partial charge in [0.25, 0.3) is 0 Å². The molecule has 2 aliphatic rings.